The van der Waals surface area contributed by atoms with Gasteiger partial charge < -0.3 is 14.7 Å². The molecular weight excluding hydrogens is 422 g/mol. The Morgan fingerprint density at radius 2 is 1.97 bits per heavy atom. The number of carbonyl (C=O) groups excluding carboxylic acids is 2. The van der Waals surface area contributed by atoms with E-state index in [9.17, 15) is 14.7 Å². The molecule has 1 fully saturated rings. The standard InChI is InChI=1S/C25H27N3O5/c1-17-14-18(21-4-2-3-5-22(21)26-17)16-33-20-8-6-19(7-9-20)25(15-23(30)27-32)10-11-28(12-13-29)24(25)31/h2-9,14,29,32H,10-13,15-16H2,1H3,(H,27,30). The van der Waals surface area contributed by atoms with E-state index in [-0.39, 0.29) is 25.5 Å². The van der Waals surface area contributed by atoms with Crippen molar-refractivity contribution in [2.45, 2.75) is 31.8 Å². The molecule has 3 N–H and O–H groups in total. The van der Waals surface area contributed by atoms with E-state index in [0.29, 0.717) is 30.9 Å². The van der Waals surface area contributed by atoms with Crippen LogP contribution in [0.1, 0.15) is 29.7 Å². The highest BCUT2D eigenvalue weighted by atomic mass is 16.5. The van der Waals surface area contributed by atoms with Crippen molar-refractivity contribution < 1.29 is 24.6 Å². The molecule has 33 heavy (non-hydrogen) atoms. The molecular formula is C25H27N3O5. The summed E-state index contributed by atoms with van der Waals surface area (Å²) >= 11 is 0. The van der Waals surface area contributed by atoms with E-state index in [1.165, 1.54) is 0 Å². The number of hydroxylamine groups is 1. The predicted octanol–water partition coefficient (Wildman–Crippen LogP) is 2.48. The number of nitrogens with one attached hydrogen (secondary N) is 1. The summed E-state index contributed by atoms with van der Waals surface area (Å²) in [7, 11) is 0. The Balaban J connectivity index is 1.55. The van der Waals surface area contributed by atoms with Gasteiger partial charge in [-0.05, 0) is 43.2 Å². The highest BCUT2D eigenvalue weighted by Crippen LogP contribution is 2.39. The van der Waals surface area contributed by atoms with E-state index in [4.69, 9.17) is 9.94 Å². The molecule has 1 atom stereocenters. The molecule has 4 rings (SSSR count). The Labute approximate surface area is 191 Å². The van der Waals surface area contributed by atoms with Crippen LogP contribution in [-0.2, 0) is 21.6 Å². The number of carbonyl (C=O) groups is 2. The van der Waals surface area contributed by atoms with Crippen molar-refractivity contribution >= 4 is 22.7 Å². The average Bonchev–Trinajstić information content (AvgIpc) is 3.13. The van der Waals surface area contributed by atoms with Crippen LogP contribution in [0.25, 0.3) is 10.9 Å². The molecule has 1 aliphatic heterocycles. The molecule has 0 saturated carbocycles. The Morgan fingerprint density at radius 1 is 1.21 bits per heavy atom. The molecule has 0 aliphatic carbocycles. The third-order valence-electron chi connectivity index (χ3n) is 6.19. The molecule has 8 heteroatoms. The molecule has 1 saturated heterocycles. The van der Waals surface area contributed by atoms with Gasteiger partial charge in [0, 0.05) is 36.2 Å². The normalized spacial score (nSPS) is 18.0. The molecule has 1 aliphatic rings. The summed E-state index contributed by atoms with van der Waals surface area (Å²) in [4.78, 5) is 31.2. The number of nitrogens with zero attached hydrogens (tertiary/aromatic N) is 2. The van der Waals surface area contributed by atoms with E-state index in [2.05, 4.69) is 4.98 Å². The van der Waals surface area contributed by atoms with Crippen molar-refractivity contribution in [1.29, 1.82) is 0 Å². The van der Waals surface area contributed by atoms with Gasteiger partial charge in [-0.25, -0.2) is 5.48 Å². The highest BCUT2D eigenvalue weighted by molar-refractivity contribution is 5.95. The number of rotatable bonds is 8. The maximum atomic E-state index is 13.1. The maximum Gasteiger partial charge on any atom is 0.244 e. The molecule has 2 amide bonds. The summed E-state index contributed by atoms with van der Waals surface area (Å²) in [5, 5.41) is 19.3. The Hall–Kier alpha value is -3.49. The summed E-state index contributed by atoms with van der Waals surface area (Å²) in [6.45, 7) is 2.81. The number of hydrogen-bond donors (Lipinski definition) is 3. The lowest BCUT2D eigenvalue weighted by Gasteiger charge is -2.27. The van der Waals surface area contributed by atoms with Crippen LogP contribution in [-0.4, -0.2) is 51.7 Å². The van der Waals surface area contributed by atoms with E-state index in [0.717, 1.165) is 22.2 Å². The Bertz CT molecular complexity index is 1160. The first-order valence-corrected chi connectivity index (χ1v) is 10.9. The average molecular weight is 450 g/mol. The van der Waals surface area contributed by atoms with Gasteiger partial charge in [0.2, 0.25) is 11.8 Å². The molecule has 8 nitrogen and oxygen atoms in total. The minimum absolute atomic E-state index is 0.149. The van der Waals surface area contributed by atoms with Gasteiger partial charge in [-0.15, -0.1) is 0 Å². The third kappa shape index (κ3) is 4.53. The summed E-state index contributed by atoms with van der Waals surface area (Å²) in [6, 6.07) is 17.1. The summed E-state index contributed by atoms with van der Waals surface area (Å²) in [6.07, 6.45) is 0.245. The first-order chi connectivity index (χ1) is 16.0. The van der Waals surface area contributed by atoms with Crippen LogP contribution in [0.5, 0.6) is 5.75 Å². The zero-order valence-corrected chi connectivity index (χ0v) is 18.5. The van der Waals surface area contributed by atoms with Gasteiger partial charge in [0.25, 0.3) is 0 Å². The Kier molecular flexibility index (Phi) is 6.57. The number of para-hydroxylation sites is 1. The second-order valence-electron chi connectivity index (χ2n) is 8.31. The number of aryl methyl sites for hydroxylation is 1. The van der Waals surface area contributed by atoms with E-state index in [1.807, 2.05) is 37.3 Å². The smallest absolute Gasteiger partial charge is 0.244 e. The number of fused-ring (bicyclic) bond motifs is 1. The fourth-order valence-electron chi connectivity index (χ4n) is 4.56. The van der Waals surface area contributed by atoms with Crippen LogP contribution >= 0.6 is 0 Å². The molecule has 172 valence electrons. The number of pyridine rings is 1. The first kappa shape index (κ1) is 22.7. The number of aromatic nitrogens is 1. The second kappa shape index (κ2) is 9.56. The van der Waals surface area contributed by atoms with Crippen LogP contribution in [0.3, 0.4) is 0 Å². The maximum absolute atomic E-state index is 13.1. The van der Waals surface area contributed by atoms with Crippen LogP contribution in [0.4, 0.5) is 0 Å². The fourth-order valence-corrected chi connectivity index (χ4v) is 4.56. The lowest BCUT2D eigenvalue weighted by Crippen LogP contribution is -2.42. The molecule has 2 aromatic carbocycles. The van der Waals surface area contributed by atoms with Gasteiger partial charge in [0.05, 0.1) is 17.5 Å². The number of amides is 2. The monoisotopic (exact) mass is 449 g/mol. The van der Waals surface area contributed by atoms with Crippen molar-refractivity contribution in [3.63, 3.8) is 0 Å². The van der Waals surface area contributed by atoms with Gasteiger partial charge in [-0.3, -0.25) is 19.8 Å². The number of benzene rings is 2. The molecule has 0 radical (unpaired) electrons. The molecule has 3 aromatic rings. The minimum Gasteiger partial charge on any atom is -0.489 e. The molecule has 0 spiro atoms. The van der Waals surface area contributed by atoms with E-state index < -0.39 is 11.3 Å². The first-order valence-electron chi connectivity index (χ1n) is 10.9. The zero-order chi connectivity index (χ0) is 23.4. The highest BCUT2D eigenvalue weighted by Gasteiger charge is 2.49. The van der Waals surface area contributed by atoms with Gasteiger partial charge in [0.15, 0.2) is 0 Å². The van der Waals surface area contributed by atoms with Crippen molar-refractivity contribution in [2.75, 3.05) is 19.7 Å². The lowest BCUT2D eigenvalue weighted by atomic mass is 9.76. The topological polar surface area (TPSA) is 112 Å². The lowest BCUT2D eigenvalue weighted by molar-refractivity contribution is -0.138. The van der Waals surface area contributed by atoms with Crippen LogP contribution in [0, 0.1) is 6.92 Å². The number of likely N-dealkylation sites (tertiary alicyclic amines) is 1. The molecule has 1 unspecified atom stereocenters. The van der Waals surface area contributed by atoms with Crippen LogP contribution in [0.15, 0.2) is 54.6 Å². The minimum atomic E-state index is -1.08. The van der Waals surface area contributed by atoms with Crippen LogP contribution < -0.4 is 10.2 Å². The van der Waals surface area contributed by atoms with Crippen LogP contribution in [0.2, 0.25) is 0 Å². The van der Waals surface area contributed by atoms with Gasteiger partial charge in [0.1, 0.15) is 12.4 Å². The zero-order valence-electron chi connectivity index (χ0n) is 18.5. The fraction of sp³-hybridized carbons (Fsp3) is 0.320. The number of aliphatic hydroxyl groups is 1. The second-order valence-corrected chi connectivity index (χ2v) is 8.31. The SMILES string of the molecule is Cc1cc(COc2ccc(C3(CC(=O)NO)CCN(CCO)C3=O)cc2)c2ccccc2n1. The predicted molar refractivity (Wildman–Crippen MR) is 122 cm³/mol. The van der Waals surface area contributed by atoms with Crippen molar-refractivity contribution in [1.82, 2.24) is 15.4 Å². The summed E-state index contributed by atoms with van der Waals surface area (Å²) in [5.74, 6) is -0.223. The van der Waals surface area contributed by atoms with E-state index in [1.54, 1.807) is 34.6 Å². The number of β-amino-alcohol motifs (C(OH)–C–C–N with tert-alkyl or cyclic N) is 1. The van der Waals surface area contributed by atoms with Gasteiger partial charge >= 0.3 is 0 Å². The Morgan fingerprint density at radius 3 is 2.70 bits per heavy atom. The quantitative estimate of drug-likeness (QED) is 0.360. The molecule has 1 aromatic heterocycles. The summed E-state index contributed by atoms with van der Waals surface area (Å²) in [5.41, 5.74) is 4.09. The van der Waals surface area contributed by atoms with Crippen molar-refractivity contribution in [2.24, 2.45) is 0 Å². The number of aliphatic hydroxyl groups excluding tert-OH is 1. The van der Waals surface area contributed by atoms with Crippen molar-refractivity contribution in [3.8, 4) is 5.75 Å². The third-order valence-corrected chi connectivity index (χ3v) is 6.19. The summed E-state index contributed by atoms with van der Waals surface area (Å²) < 4.78 is 6.02. The van der Waals surface area contributed by atoms with Gasteiger partial charge in [-0.2, -0.15) is 0 Å². The number of hydrogen-bond acceptors (Lipinski definition) is 6. The van der Waals surface area contributed by atoms with Crippen molar-refractivity contribution in [3.05, 3.63) is 71.4 Å². The van der Waals surface area contributed by atoms with Gasteiger partial charge in [-0.1, -0.05) is 30.3 Å². The number of ether oxygens (including phenoxy) is 1. The molecule has 0 bridgehead atoms. The largest absolute Gasteiger partial charge is 0.489 e. The van der Waals surface area contributed by atoms with E-state index >= 15 is 0 Å². The molecule has 2 heterocycles.